The standard InChI is InChI=1S/C15H23NO4S/c1-5-6-11-7-9-12(10-8-11)21(19,20)16-13(14(17)18)15(2,3)4/h7-10,13,16H,5-6H2,1-4H3,(H,17,18)/t13-/m1/s1. The molecule has 0 saturated carbocycles. The Morgan fingerprint density at radius 3 is 2.14 bits per heavy atom. The van der Waals surface area contributed by atoms with Crippen molar-refractivity contribution in [3.05, 3.63) is 29.8 Å². The van der Waals surface area contributed by atoms with Gasteiger partial charge in [-0.3, -0.25) is 4.79 Å². The van der Waals surface area contributed by atoms with Crippen LogP contribution in [0.15, 0.2) is 29.2 Å². The number of hydrogen-bond donors (Lipinski definition) is 2. The van der Waals surface area contributed by atoms with Gasteiger partial charge in [-0.05, 0) is 29.5 Å². The van der Waals surface area contributed by atoms with Crippen molar-refractivity contribution in [3.8, 4) is 0 Å². The van der Waals surface area contributed by atoms with Gasteiger partial charge < -0.3 is 5.11 Å². The Hall–Kier alpha value is -1.40. The Kier molecular flexibility index (Phi) is 5.53. The van der Waals surface area contributed by atoms with E-state index in [-0.39, 0.29) is 4.90 Å². The highest BCUT2D eigenvalue weighted by atomic mass is 32.2. The molecule has 21 heavy (non-hydrogen) atoms. The molecule has 0 fully saturated rings. The van der Waals surface area contributed by atoms with E-state index in [0.29, 0.717) is 0 Å². The van der Waals surface area contributed by atoms with Gasteiger partial charge >= 0.3 is 5.97 Å². The van der Waals surface area contributed by atoms with Gasteiger partial charge in [-0.15, -0.1) is 0 Å². The Balaban J connectivity index is 3.02. The van der Waals surface area contributed by atoms with Gasteiger partial charge in [-0.1, -0.05) is 46.2 Å². The molecule has 0 amide bonds. The molecule has 1 aromatic carbocycles. The molecule has 0 aliphatic rings. The molecule has 6 heteroatoms. The maximum absolute atomic E-state index is 12.3. The summed E-state index contributed by atoms with van der Waals surface area (Å²) in [5.74, 6) is -1.19. The molecule has 118 valence electrons. The second-order valence-corrected chi connectivity index (χ2v) is 7.87. The molecule has 1 aromatic rings. The lowest BCUT2D eigenvalue weighted by molar-refractivity contribution is -0.141. The topological polar surface area (TPSA) is 83.5 Å². The first kappa shape index (κ1) is 17.7. The zero-order chi connectivity index (χ0) is 16.3. The number of sulfonamides is 1. The lowest BCUT2D eigenvalue weighted by Crippen LogP contribution is -2.48. The fourth-order valence-corrected chi connectivity index (χ4v) is 3.34. The molecule has 0 aliphatic heterocycles. The van der Waals surface area contributed by atoms with Gasteiger partial charge in [0.1, 0.15) is 6.04 Å². The van der Waals surface area contributed by atoms with Crippen molar-refractivity contribution < 1.29 is 18.3 Å². The normalized spacial score (nSPS) is 13.9. The summed E-state index contributed by atoms with van der Waals surface area (Å²) in [6.45, 7) is 7.09. The molecule has 0 bridgehead atoms. The fourth-order valence-electron chi connectivity index (χ4n) is 1.94. The van der Waals surface area contributed by atoms with E-state index in [1.165, 1.54) is 12.1 Å². The van der Waals surface area contributed by atoms with Crippen molar-refractivity contribution in [3.63, 3.8) is 0 Å². The van der Waals surface area contributed by atoms with Crippen LogP contribution in [0.2, 0.25) is 0 Å². The van der Waals surface area contributed by atoms with E-state index < -0.39 is 27.4 Å². The number of carboxylic acids is 1. The molecular weight excluding hydrogens is 290 g/mol. The summed E-state index contributed by atoms with van der Waals surface area (Å²) >= 11 is 0. The van der Waals surface area contributed by atoms with Crippen LogP contribution < -0.4 is 4.72 Å². The maximum Gasteiger partial charge on any atom is 0.322 e. The molecule has 0 spiro atoms. The van der Waals surface area contributed by atoms with Crippen molar-refractivity contribution in [1.82, 2.24) is 4.72 Å². The van der Waals surface area contributed by atoms with Gasteiger partial charge in [-0.2, -0.15) is 4.72 Å². The Morgan fingerprint density at radius 1 is 1.24 bits per heavy atom. The van der Waals surface area contributed by atoms with Crippen LogP contribution in [-0.2, 0) is 21.2 Å². The van der Waals surface area contributed by atoms with Crippen LogP contribution in [0.25, 0.3) is 0 Å². The first-order chi connectivity index (χ1) is 9.58. The van der Waals surface area contributed by atoms with Gasteiger partial charge in [-0.25, -0.2) is 8.42 Å². The van der Waals surface area contributed by atoms with E-state index in [9.17, 15) is 18.3 Å². The molecule has 0 aromatic heterocycles. The van der Waals surface area contributed by atoms with Gasteiger partial charge in [0.15, 0.2) is 0 Å². The third-order valence-electron chi connectivity index (χ3n) is 3.16. The number of hydrogen-bond acceptors (Lipinski definition) is 3. The SMILES string of the molecule is CCCc1ccc(S(=O)(=O)N[C@H](C(=O)O)C(C)(C)C)cc1. The number of aliphatic carboxylic acids is 1. The average molecular weight is 313 g/mol. The summed E-state index contributed by atoms with van der Waals surface area (Å²) in [7, 11) is -3.85. The smallest absolute Gasteiger partial charge is 0.322 e. The van der Waals surface area contributed by atoms with Crippen LogP contribution in [0, 0.1) is 5.41 Å². The summed E-state index contributed by atoms with van der Waals surface area (Å²) in [4.78, 5) is 11.3. The van der Waals surface area contributed by atoms with Gasteiger partial charge in [0.05, 0.1) is 4.90 Å². The van der Waals surface area contributed by atoms with Crippen molar-refractivity contribution in [2.24, 2.45) is 5.41 Å². The molecule has 0 unspecified atom stereocenters. The molecule has 0 radical (unpaired) electrons. The number of carboxylic acid groups (broad SMARTS) is 1. The van der Waals surface area contributed by atoms with Crippen molar-refractivity contribution in [2.45, 2.75) is 51.5 Å². The lowest BCUT2D eigenvalue weighted by atomic mass is 9.88. The third kappa shape index (κ3) is 4.82. The van der Waals surface area contributed by atoms with Gasteiger partial charge in [0, 0.05) is 0 Å². The van der Waals surface area contributed by atoms with E-state index in [1.807, 2.05) is 6.92 Å². The molecule has 5 nitrogen and oxygen atoms in total. The lowest BCUT2D eigenvalue weighted by Gasteiger charge is -2.27. The van der Waals surface area contributed by atoms with Crippen LogP contribution in [0.5, 0.6) is 0 Å². The van der Waals surface area contributed by atoms with Crippen molar-refractivity contribution >= 4 is 16.0 Å². The third-order valence-corrected chi connectivity index (χ3v) is 4.60. The Labute approximate surface area is 126 Å². The van der Waals surface area contributed by atoms with Gasteiger partial charge in [0.2, 0.25) is 10.0 Å². The van der Waals surface area contributed by atoms with Crippen molar-refractivity contribution in [2.75, 3.05) is 0 Å². The minimum Gasteiger partial charge on any atom is -0.480 e. The number of carbonyl (C=O) groups is 1. The summed E-state index contributed by atoms with van der Waals surface area (Å²) in [5.41, 5.74) is 0.336. The second-order valence-electron chi connectivity index (χ2n) is 6.15. The van der Waals surface area contributed by atoms with E-state index in [0.717, 1.165) is 18.4 Å². The van der Waals surface area contributed by atoms with Crippen LogP contribution in [0.3, 0.4) is 0 Å². The van der Waals surface area contributed by atoms with Gasteiger partial charge in [0.25, 0.3) is 0 Å². The highest BCUT2D eigenvalue weighted by molar-refractivity contribution is 7.89. The van der Waals surface area contributed by atoms with Crippen LogP contribution >= 0.6 is 0 Å². The minimum absolute atomic E-state index is 0.0813. The number of rotatable bonds is 6. The van der Waals surface area contributed by atoms with E-state index in [1.54, 1.807) is 32.9 Å². The predicted molar refractivity (Wildman–Crippen MR) is 81.6 cm³/mol. The molecular formula is C15H23NO4S. The quantitative estimate of drug-likeness (QED) is 0.845. The van der Waals surface area contributed by atoms with Crippen molar-refractivity contribution in [1.29, 1.82) is 0 Å². The second kappa shape index (κ2) is 6.58. The highest BCUT2D eigenvalue weighted by Crippen LogP contribution is 2.22. The van der Waals surface area contributed by atoms with Crippen LogP contribution in [0.1, 0.15) is 39.7 Å². The zero-order valence-corrected chi connectivity index (χ0v) is 13.7. The molecule has 1 atom stereocenters. The highest BCUT2D eigenvalue weighted by Gasteiger charge is 2.35. The number of aryl methyl sites for hydroxylation is 1. The molecule has 0 saturated heterocycles. The fraction of sp³-hybridized carbons (Fsp3) is 0.533. The largest absolute Gasteiger partial charge is 0.480 e. The summed E-state index contributed by atoms with van der Waals surface area (Å²) in [5, 5.41) is 9.21. The Bertz CT molecular complexity index is 585. The average Bonchev–Trinajstić information content (AvgIpc) is 2.35. The molecule has 0 aliphatic carbocycles. The molecule has 1 rings (SSSR count). The summed E-state index contributed by atoms with van der Waals surface area (Å²) in [6.07, 6.45) is 1.86. The first-order valence-electron chi connectivity index (χ1n) is 6.92. The van der Waals surface area contributed by atoms with Crippen LogP contribution in [0.4, 0.5) is 0 Å². The molecule has 0 heterocycles. The molecule has 2 N–H and O–H groups in total. The minimum atomic E-state index is -3.85. The number of nitrogens with one attached hydrogen (secondary N) is 1. The van der Waals surface area contributed by atoms with Crippen LogP contribution in [-0.4, -0.2) is 25.5 Å². The van der Waals surface area contributed by atoms with E-state index >= 15 is 0 Å². The summed E-state index contributed by atoms with van der Waals surface area (Å²) in [6, 6.07) is 5.34. The maximum atomic E-state index is 12.3. The van der Waals surface area contributed by atoms with E-state index in [4.69, 9.17) is 0 Å². The zero-order valence-electron chi connectivity index (χ0n) is 12.9. The number of benzene rings is 1. The monoisotopic (exact) mass is 313 g/mol. The first-order valence-corrected chi connectivity index (χ1v) is 8.40. The Morgan fingerprint density at radius 2 is 1.76 bits per heavy atom. The van der Waals surface area contributed by atoms with E-state index in [2.05, 4.69) is 4.72 Å². The summed E-state index contributed by atoms with van der Waals surface area (Å²) < 4.78 is 26.9. The predicted octanol–water partition coefficient (Wildman–Crippen LogP) is 2.42.